The zero-order valence-electron chi connectivity index (χ0n) is 19.4. The van der Waals surface area contributed by atoms with E-state index in [1.54, 1.807) is 0 Å². The van der Waals surface area contributed by atoms with Gasteiger partial charge in [-0.1, -0.05) is 18.6 Å². The molecule has 31 heavy (non-hydrogen) atoms. The number of hydrogen-bond acceptors (Lipinski definition) is 4. The minimum Gasteiger partial charge on any atom is -0.550 e. The maximum atomic E-state index is 10.9. The second kappa shape index (κ2) is 18.8. The SMILES string of the molecule is C/C=C/CCCCCC[N+](CCCCC(=O)[O-])(CCCCC(=O)O)CCCCC(=O)O. The number of allylic oxidation sites excluding steroid dienone is 2. The predicted octanol–water partition coefficient (Wildman–Crippen LogP) is 3.76. The van der Waals surface area contributed by atoms with Crippen LogP contribution in [0.2, 0.25) is 0 Å². The minimum atomic E-state index is -1.03. The van der Waals surface area contributed by atoms with Gasteiger partial charge in [-0.3, -0.25) is 9.59 Å². The largest absolute Gasteiger partial charge is 0.550 e. The molecule has 0 unspecified atom stereocenters. The molecular weight excluding hydrogens is 398 g/mol. The van der Waals surface area contributed by atoms with Gasteiger partial charge in [0.05, 0.1) is 26.2 Å². The van der Waals surface area contributed by atoms with Gasteiger partial charge in [0, 0.05) is 18.8 Å². The number of aliphatic carboxylic acids is 3. The molecule has 0 aromatic rings. The summed E-state index contributed by atoms with van der Waals surface area (Å²) in [6.07, 6.45) is 14.6. The number of rotatable bonds is 22. The van der Waals surface area contributed by atoms with Crippen molar-refractivity contribution < 1.29 is 34.2 Å². The zero-order valence-corrected chi connectivity index (χ0v) is 19.4. The van der Waals surface area contributed by atoms with Gasteiger partial charge in [-0.2, -0.15) is 0 Å². The van der Waals surface area contributed by atoms with Gasteiger partial charge in [0.25, 0.3) is 0 Å². The fraction of sp³-hybridized carbons (Fsp3) is 0.792. The summed E-state index contributed by atoms with van der Waals surface area (Å²) in [5.74, 6) is -2.59. The molecule has 0 fully saturated rings. The smallest absolute Gasteiger partial charge is 0.303 e. The van der Waals surface area contributed by atoms with Crippen LogP contribution in [0.5, 0.6) is 0 Å². The average molecular weight is 442 g/mol. The Kier molecular flexibility index (Phi) is 17.7. The first-order chi connectivity index (χ1) is 14.8. The summed E-state index contributed by atoms with van der Waals surface area (Å²) in [5.41, 5.74) is 0. The molecule has 0 saturated heterocycles. The van der Waals surface area contributed by atoms with Gasteiger partial charge in [-0.25, -0.2) is 0 Å². The normalized spacial score (nSPS) is 11.8. The third kappa shape index (κ3) is 18.6. The summed E-state index contributed by atoms with van der Waals surface area (Å²) in [6, 6.07) is 0. The Hall–Kier alpha value is -1.89. The number of carbonyl (C=O) groups excluding carboxylic acids is 1. The summed E-state index contributed by atoms with van der Waals surface area (Å²) in [5, 5.41) is 28.6. The number of carboxylic acids is 3. The summed E-state index contributed by atoms with van der Waals surface area (Å²) in [7, 11) is 0. The lowest BCUT2D eigenvalue weighted by Crippen LogP contribution is -2.51. The van der Waals surface area contributed by atoms with E-state index >= 15 is 0 Å². The van der Waals surface area contributed by atoms with Crippen molar-refractivity contribution in [2.75, 3.05) is 26.2 Å². The highest BCUT2D eigenvalue weighted by Crippen LogP contribution is 2.19. The molecule has 0 bridgehead atoms. The Morgan fingerprint density at radius 1 is 0.677 bits per heavy atom. The number of nitrogens with zero attached hydrogens (tertiary/aromatic N) is 1. The predicted molar refractivity (Wildman–Crippen MR) is 119 cm³/mol. The van der Waals surface area contributed by atoms with Crippen molar-refractivity contribution in [2.45, 2.75) is 96.8 Å². The third-order valence-corrected chi connectivity index (χ3v) is 5.80. The van der Waals surface area contributed by atoms with Crippen LogP contribution in [-0.4, -0.2) is 58.8 Å². The van der Waals surface area contributed by atoms with Crippen molar-refractivity contribution in [3.05, 3.63) is 12.2 Å². The van der Waals surface area contributed by atoms with Crippen LogP contribution in [0.1, 0.15) is 96.8 Å². The van der Waals surface area contributed by atoms with Crippen LogP contribution < -0.4 is 5.11 Å². The summed E-state index contributed by atoms with van der Waals surface area (Å²) >= 11 is 0. The van der Waals surface area contributed by atoms with E-state index in [4.69, 9.17) is 10.2 Å². The molecule has 0 amide bonds. The molecule has 0 radical (unpaired) electrons. The van der Waals surface area contributed by atoms with Gasteiger partial charge in [0.15, 0.2) is 0 Å². The molecule has 0 aliphatic heterocycles. The van der Waals surface area contributed by atoms with E-state index in [-0.39, 0.29) is 19.3 Å². The Morgan fingerprint density at radius 2 is 1.10 bits per heavy atom. The number of carbonyl (C=O) groups is 3. The second-order valence-electron chi connectivity index (χ2n) is 8.54. The highest BCUT2D eigenvalue weighted by Gasteiger charge is 2.26. The van der Waals surface area contributed by atoms with Crippen LogP contribution in [0.15, 0.2) is 12.2 Å². The van der Waals surface area contributed by atoms with Crippen LogP contribution in [0, 0.1) is 0 Å². The Balaban J connectivity index is 4.88. The highest BCUT2D eigenvalue weighted by molar-refractivity contribution is 5.66. The Labute approximate surface area is 187 Å². The molecule has 2 N–H and O–H groups in total. The second-order valence-corrected chi connectivity index (χ2v) is 8.54. The van der Waals surface area contributed by atoms with Crippen molar-refractivity contribution in [2.24, 2.45) is 0 Å². The van der Waals surface area contributed by atoms with Gasteiger partial charge in [0.1, 0.15) is 0 Å². The van der Waals surface area contributed by atoms with Crippen molar-refractivity contribution in [3.8, 4) is 0 Å². The van der Waals surface area contributed by atoms with Crippen molar-refractivity contribution in [1.82, 2.24) is 0 Å². The average Bonchev–Trinajstić information content (AvgIpc) is 2.70. The molecular formula is C24H43NO6. The molecule has 0 saturated carbocycles. The molecule has 0 aromatic carbocycles. The van der Waals surface area contributed by atoms with E-state index in [0.717, 1.165) is 69.2 Å². The summed E-state index contributed by atoms with van der Waals surface area (Å²) in [6.45, 7) is 5.59. The molecule has 180 valence electrons. The molecule has 0 aliphatic carbocycles. The maximum Gasteiger partial charge on any atom is 0.303 e. The topological polar surface area (TPSA) is 115 Å². The lowest BCUT2D eigenvalue weighted by Gasteiger charge is -2.39. The Morgan fingerprint density at radius 3 is 1.52 bits per heavy atom. The first kappa shape index (κ1) is 29.1. The van der Waals surface area contributed by atoms with Crippen LogP contribution in [0.25, 0.3) is 0 Å². The van der Waals surface area contributed by atoms with Gasteiger partial charge in [-0.15, -0.1) is 0 Å². The van der Waals surface area contributed by atoms with E-state index in [2.05, 4.69) is 12.2 Å². The van der Waals surface area contributed by atoms with E-state index in [9.17, 15) is 19.5 Å². The first-order valence-electron chi connectivity index (χ1n) is 11.9. The van der Waals surface area contributed by atoms with E-state index in [1.165, 1.54) is 12.8 Å². The maximum absolute atomic E-state index is 10.9. The lowest BCUT2D eigenvalue weighted by atomic mass is 10.1. The zero-order chi connectivity index (χ0) is 23.4. The van der Waals surface area contributed by atoms with Gasteiger partial charge in [0.2, 0.25) is 0 Å². The highest BCUT2D eigenvalue weighted by atomic mass is 16.4. The monoisotopic (exact) mass is 441 g/mol. The van der Waals surface area contributed by atoms with Gasteiger partial charge >= 0.3 is 11.9 Å². The van der Waals surface area contributed by atoms with Crippen LogP contribution in [-0.2, 0) is 14.4 Å². The van der Waals surface area contributed by atoms with Crippen molar-refractivity contribution >= 4 is 17.9 Å². The Bertz CT molecular complexity index is 477. The number of quaternary nitrogens is 1. The first-order valence-corrected chi connectivity index (χ1v) is 11.9. The van der Waals surface area contributed by atoms with Crippen LogP contribution >= 0.6 is 0 Å². The molecule has 0 aliphatic rings. The third-order valence-electron chi connectivity index (χ3n) is 5.80. The van der Waals surface area contributed by atoms with E-state index in [0.29, 0.717) is 19.3 Å². The van der Waals surface area contributed by atoms with Crippen molar-refractivity contribution in [1.29, 1.82) is 0 Å². The molecule has 0 atom stereocenters. The lowest BCUT2D eigenvalue weighted by molar-refractivity contribution is -0.929. The molecule has 0 rings (SSSR count). The summed E-state index contributed by atoms with van der Waals surface area (Å²) in [4.78, 5) is 32.5. The standard InChI is InChI=1S/C24H43NO6/c1-2-3-4-5-6-7-11-18-25(19-12-8-15-22(26)27,20-13-9-16-23(28)29)21-14-10-17-24(30)31/h2-3H,4-21H2,1H3,(H2-,26,27,28,29,30,31)/b3-2+. The minimum absolute atomic E-state index is 0.0585. The number of hydrogen-bond donors (Lipinski definition) is 2. The fourth-order valence-electron chi connectivity index (χ4n) is 4.06. The number of unbranched alkanes of at least 4 members (excludes halogenated alkanes) is 7. The van der Waals surface area contributed by atoms with Gasteiger partial charge < -0.3 is 24.6 Å². The molecule has 0 spiro atoms. The van der Waals surface area contributed by atoms with Crippen LogP contribution in [0.3, 0.4) is 0 Å². The fourth-order valence-corrected chi connectivity index (χ4v) is 4.06. The molecule has 7 nitrogen and oxygen atoms in total. The van der Waals surface area contributed by atoms with E-state index in [1.807, 2.05) is 6.92 Å². The van der Waals surface area contributed by atoms with Crippen molar-refractivity contribution in [3.63, 3.8) is 0 Å². The summed E-state index contributed by atoms with van der Waals surface area (Å²) < 4.78 is 0.834. The molecule has 7 heteroatoms. The van der Waals surface area contributed by atoms with Crippen LogP contribution in [0.4, 0.5) is 0 Å². The quantitative estimate of drug-likeness (QED) is 0.150. The molecule has 0 heterocycles. The van der Waals surface area contributed by atoms with E-state index < -0.39 is 17.9 Å². The number of carboxylic acid groups (broad SMARTS) is 3. The van der Waals surface area contributed by atoms with Gasteiger partial charge in [-0.05, 0) is 77.6 Å². The molecule has 0 aromatic heterocycles.